The van der Waals surface area contributed by atoms with Crippen LogP contribution in [-0.2, 0) is 11.2 Å². The van der Waals surface area contributed by atoms with Crippen molar-refractivity contribution in [1.29, 1.82) is 0 Å². The highest BCUT2D eigenvalue weighted by Crippen LogP contribution is 2.08. The molecule has 0 aliphatic heterocycles. The minimum atomic E-state index is -0.444. The number of hydrogen-bond donors (Lipinski definition) is 2. The highest BCUT2D eigenvalue weighted by molar-refractivity contribution is 5.94. The predicted molar refractivity (Wildman–Crippen MR) is 98.2 cm³/mol. The summed E-state index contributed by atoms with van der Waals surface area (Å²) in [6.07, 6.45) is 1.32. The number of nitrogens with zero attached hydrogens (tertiary/aromatic N) is 4. The van der Waals surface area contributed by atoms with E-state index in [1.54, 1.807) is 17.7 Å². The van der Waals surface area contributed by atoms with E-state index in [4.69, 9.17) is 4.74 Å². The number of amides is 1. The molecule has 1 amide bonds. The highest BCUT2D eigenvalue weighted by atomic mass is 19.1. The molecule has 142 valence electrons. The number of ether oxygens (including phenoxy) is 1. The number of carbonyl (C=O) groups is 1. The van der Waals surface area contributed by atoms with Crippen LogP contribution in [0.3, 0.4) is 0 Å². The highest BCUT2D eigenvalue weighted by Gasteiger charge is 2.10. The number of fused-ring (bicyclic) bond motifs is 1. The van der Waals surface area contributed by atoms with E-state index in [1.807, 2.05) is 12.1 Å². The molecule has 2 N–H and O–H groups in total. The van der Waals surface area contributed by atoms with Crippen LogP contribution in [0.15, 0.2) is 36.4 Å². The van der Waals surface area contributed by atoms with Crippen molar-refractivity contribution in [2.24, 2.45) is 0 Å². The van der Waals surface area contributed by atoms with Crippen molar-refractivity contribution in [3.63, 3.8) is 0 Å². The van der Waals surface area contributed by atoms with Crippen LogP contribution in [0.25, 0.3) is 5.65 Å². The third-order valence-corrected chi connectivity index (χ3v) is 3.88. The SMILES string of the molecule is COCCCNc1ccc2nnc(CCNC(=O)c3cccc(F)c3)n2n1. The molecule has 0 radical (unpaired) electrons. The van der Waals surface area contributed by atoms with Crippen LogP contribution in [0.1, 0.15) is 22.6 Å². The summed E-state index contributed by atoms with van der Waals surface area (Å²) in [5.74, 6) is 0.561. The summed E-state index contributed by atoms with van der Waals surface area (Å²) in [6.45, 7) is 1.76. The monoisotopic (exact) mass is 372 g/mol. The zero-order valence-electron chi connectivity index (χ0n) is 15.0. The van der Waals surface area contributed by atoms with Gasteiger partial charge in [0.1, 0.15) is 11.6 Å². The Morgan fingerprint density at radius 2 is 2.11 bits per heavy atom. The molecule has 27 heavy (non-hydrogen) atoms. The van der Waals surface area contributed by atoms with Gasteiger partial charge in [-0.1, -0.05) is 6.07 Å². The first-order valence-electron chi connectivity index (χ1n) is 8.65. The third kappa shape index (κ3) is 4.98. The van der Waals surface area contributed by atoms with Gasteiger partial charge >= 0.3 is 0 Å². The molecule has 0 saturated carbocycles. The van der Waals surface area contributed by atoms with Gasteiger partial charge in [-0.25, -0.2) is 4.39 Å². The summed E-state index contributed by atoms with van der Waals surface area (Å²) in [6, 6.07) is 9.23. The first-order valence-corrected chi connectivity index (χ1v) is 8.65. The van der Waals surface area contributed by atoms with Crippen LogP contribution >= 0.6 is 0 Å². The van der Waals surface area contributed by atoms with Gasteiger partial charge in [-0.15, -0.1) is 15.3 Å². The predicted octanol–water partition coefficient (Wildman–Crippen LogP) is 1.68. The summed E-state index contributed by atoms with van der Waals surface area (Å²) in [5, 5.41) is 18.6. The molecule has 9 heteroatoms. The molecule has 0 unspecified atom stereocenters. The van der Waals surface area contributed by atoms with Crippen LogP contribution in [0.5, 0.6) is 0 Å². The second kappa shape index (κ2) is 9.04. The number of aromatic nitrogens is 4. The lowest BCUT2D eigenvalue weighted by atomic mass is 10.2. The Hall–Kier alpha value is -3.07. The molecular formula is C18H21FN6O2. The van der Waals surface area contributed by atoms with Gasteiger partial charge in [-0.2, -0.15) is 4.52 Å². The molecule has 0 bridgehead atoms. The Labute approximate surface area is 155 Å². The number of anilines is 1. The summed E-state index contributed by atoms with van der Waals surface area (Å²) in [4.78, 5) is 12.1. The first-order chi connectivity index (χ1) is 13.2. The average Bonchev–Trinajstić information content (AvgIpc) is 3.07. The minimum absolute atomic E-state index is 0.279. The molecule has 0 aliphatic carbocycles. The van der Waals surface area contributed by atoms with Gasteiger partial charge in [-0.05, 0) is 36.8 Å². The van der Waals surface area contributed by atoms with Crippen molar-refractivity contribution in [3.8, 4) is 0 Å². The van der Waals surface area contributed by atoms with Crippen LogP contribution < -0.4 is 10.6 Å². The molecule has 0 atom stereocenters. The zero-order valence-corrected chi connectivity index (χ0v) is 15.0. The topological polar surface area (TPSA) is 93.4 Å². The Morgan fingerprint density at radius 3 is 2.93 bits per heavy atom. The average molecular weight is 372 g/mol. The maximum atomic E-state index is 13.2. The molecule has 3 aromatic rings. The Morgan fingerprint density at radius 1 is 1.22 bits per heavy atom. The quantitative estimate of drug-likeness (QED) is 0.555. The molecule has 1 aromatic carbocycles. The number of hydrogen-bond acceptors (Lipinski definition) is 6. The maximum absolute atomic E-state index is 13.2. The van der Waals surface area contributed by atoms with Gasteiger partial charge in [0, 0.05) is 38.8 Å². The van der Waals surface area contributed by atoms with Crippen molar-refractivity contribution >= 4 is 17.4 Å². The molecule has 0 fully saturated rings. The second-order valence-electron chi connectivity index (χ2n) is 5.89. The van der Waals surface area contributed by atoms with Gasteiger partial charge in [0.05, 0.1) is 0 Å². The van der Waals surface area contributed by atoms with Gasteiger partial charge in [-0.3, -0.25) is 4.79 Å². The summed E-state index contributed by atoms with van der Waals surface area (Å²) in [5.41, 5.74) is 0.908. The molecule has 2 aromatic heterocycles. The second-order valence-corrected chi connectivity index (χ2v) is 5.89. The zero-order chi connectivity index (χ0) is 19.1. The number of benzene rings is 1. The molecule has 0 aliphatic rings. The van der Waals surface area contributed by atoms with E-state index in [-0.39, 0.29) is 11.5 Å². The summed E-state index contributed by atoms with van der Waals surface area (Å²) >= 11 is 0. The van der Waals surface area contributed by atoms with Crippen LogP contribution in [0.2, 0.25) is 0 Å². The Bertz CT molecular complexity index is 914. The first kappa shape index (κ1) is 18.7. The van der Waals surface area contributed by atoms with Crippen LogP contribution in [-0.4, -0.2) is 52.5 Å². The fourth-order valence-corrected chi connectivity index (χ4v) is 2.54. The van der Waals surface area contributed by atoms with Gasteiger partial charge < -0.3 is 15.4 Å². The van der Waals surface area contributed by atoms with Crippen LogP contribution in [0.4, 0.5) is 10.2 Å². The Kier molecular flexibility index (Phi) is 6.26. The largest absolute Gasteiger partial charge is 0.385 e. The van der Waals surface area contributed by atoms with E-state index in [2.05, 4.69) is 25.9 Å². The van der Waals surface area contributed by atoms with E-state index in [0.29, 0.717) is 36.9 Å². The number of methoxy groups -OCH3 is 1. The van der Waals surface area contributed by atoms with Gasteiger partial charge in [0.15, 0.2) is 11.5 Å². The lowest BCUT2D eigenvalue weighted by molar-refractivity contribution is 0.0953. The van der Waals surface area contributed by atoms with Gasteiger partial charge in [0.2, 0.25) is 0 Å². The van der Waals surface area contributed by atoms with Crippen LogP contribution in [0, 0.1) is 5.82 Å². The molecule has 8 nitrogen and oxygen atoms in total. The van der Waals surface area contributed by atoms with E-state index in [9.17, 15) is 9.18 Å². The molecule has 0 spiro atoms. The van der Waals surface area contributed by atoms with E-state index < -0.39 is 5.82 Å². The fraction of sp³-hybridized carbons (Fsp3) is 0.333. The summed E-state index contributed by atoms with van der Waals surface area (Å²) < 4.78 is 19.9. The fourth-order valence-electron chi connectivity index (χ4n) is 2.54. The number of nitrogens with one attached hydrogen (secondary N) is 2. The minimum Gasteiger partial charge on any atom is -0.385 e. The lowest BCUT2D eigenvalue weighted by Gasteiger charge is -2.07. The molecule has 3 rings (SSSR count). The van der Waals surface area contributed by atoms with E-state index >= 15 is 0 Å². The van der Waals surface area contributed by atoms with E-state index in [0.717, 1.165) is 13.0 Å². The van der Waals surface area contributed by atoms with Gasteiger partial charge in [0.25, 0.3) is 5.91 Å². The number of halogens is 1. The normalized spacial score (nSPS) is 10.9. The smallest absolute Gasteiger partial charge is 0.251 e. The van der Waals surface area contributed by atoms with Crippen molar-refractivity contribution in [1.82, 2.24) is 25.1 Å². The molecular weight excluding hydrogens is 351 g/mol. The third-order valence-electron chi connectivity index (χ3n) is 3.88. The number of carbonyl (C=O) groups excluding carboxylic acids is 1. The standard InChI is InChI=1S/C18H21FN6O2/c1-27-11-3-9-20-15-6-7-16-22-23-17(25(16)24-15)8-10-21-18(26)13-4-2-5-14(19)12-13/h2,4-7,12H,3,8-11H2,1H3,(H,20,24)(H,21,26). The van der Waals surface area contributed by atoms with Crippen molar-refractivity contribution < 1.29 is 13.9 Å². The van der Waals surface area contributed by atoms with Crippen molar-refractivity contribution in [2.75, 3.05) is 32.1 Å². The summed E-state index contributed by atoms with van der Waals surface area (Å²) in [7, 11) is 1.67. The van der Waals surface area contributed by atoms with Crippen molar-refractivity contribution in [2.45, 2.75) is 12.8 Å². The Balaban J connectivity index is 1.58. The number of rotatable bonds is 9. The lowest BCUT2D eigenvalue weighted by Crippen LogP contribution is -2.26. The van der Waals surface area contributed by atoms with Crippen molar-refractivity contribution in [3.05, 3.63) is 53.6 Å². The molecule has 2 heterocycles. The molecule has 0 saturated heterocycles. The maximum Gasteiger partial charge on any atom is 0.251 e. The van der Waals surface area contributed by atoms with E-state index in [1.165, 1.54) is 18.2 Å².